The van der Waals surface area contributed by atoms with Crippen LogP contribution in [0.5, 0.6) is 0 Å². The van der Waals surface area contributed by atoms with Gasteiger partial charge in [0, 0.05) is 44.1 Å². The zero-order valence-corrected chi connectivity index (χ0v) is 13.5. The van der Waals surface area contributed by atoms with E-state index in [4.69, 9.17) is 4.42 Å². The summed E-state index contributed by atoms with van der Waals surface area (Å²) in [5.41, 5.74) is 0.284. The zero-order valence-electron chi connectivity index (χ0n) is 12.7. The zero-order chi connectivity index (χ0) is 16.2. The number of anilines is 1. The smallest absolute Gasteiger partial charge is 0.235 e. The van der Waals surface area contributed by atoms with Crippen LogP contribution in [0.4, 0.5) is 5.88 Å². The van der Waals surface area contributed by atoms with Crippen molar-refractivity contribution in [2.75, 3.05) is 31.1 Å². The first kappa shape index (κ1) is 15.3. The molecule has 1 aliphatic rings. The highest BCUT2D eigenvalue weighted by atomic mass is 32.1. The average Bonchev–Trinajstić information content (AvgIpc) is 3.22. The Bertz CT molecular complexity index is 750. The SMILES string of the molecule is CC(=O)N1CCN(c2oc(C=Cc3cccs3)nc2C#N)CC1. The summed E-state index contributed by atoms with van der Waals surface area (Å²) in [6.45, 7) is 4.09. The fourth-order valence-electron chi connectivity index (χ4n) is 2.45. The Hall–Kier alpha value is -2.59. The maximum Gasteiger partial charge on any atom is 0.235 e. The van der Waals surface area contributed by atoms with Gasteiger partial charge in [-0.3, -0.25) is 4.79 Å². The topological polar surface area (TPSA) is 73.4 Å². The fourth-order valence-corrected chi connectivity index (χ4v) is 3.07. The minimum Gasteiger partial charge on any atom is -0.420 e. The molecule has 0 saturated carbocycles. The molecule has 0 aromatic carbocycles. The molecule has 0 unspecified atom stereocenters. The molecule has 0 bridgehead atoms. The lowest BCUT2D eigenvalue weighted by atomic mass is 10.3. The lowest BCUT2D eigenvalue weighted by Crippen LogP contribution is -2.48. The number of thiophene rings is 1. The van der Waals surface area contributed by atoms with Crippen molar-refractivity contribution in [2.24, 2.45) is 0 Å². The molecule has 23 heavy (non-hydrogen) atoms. The van der Waals surface area contributed by atoms with E-state index >= 15 is 0 Å². The van der Waals surface area contributed by atoms with Gasteiger partial charge in [0.15, 0.2) is 0 Å². The molecule has 2 aromatic heterocycles. The quantitative estimate of drug-likeness (QED) is 0.865. The summed E-state index contributed by atoms with van der Waals surface area (Å²) < 4.78 is 5.75. The fraction of sp³-hybridized carbons (Fsp3) is 0.312. The van der Waals surface area contributed by atoms with Gasteiger partial charge < -0.3 is 14.2 Å². The second-order valence-electron chi connectivity index (χ2n) is 5.16. The molecule has 1 saturated heterocycles. The van der Waals surface area contributed by atoms with Gasteiger partial charge in [-0.25, -0.2) is 0 Å². The maximum atomic E-state index is 11.4. The van der Waals surface area contributed by atoms with Gasteiger partial charge in [-0.05, 0) is 17.5 Å². The third-order valence-corrected chi connectivity index (χ3v) is 4.51. The molecule has 1 fully saturated rings. The van der Waals surface area contributed by atoms with Crippen LogP contribution in [-0.4, -0.2) is 42.0 Å². The summed E-state index contributed by atoms with van der Waals surface area (Å²) >= 11 is 1.62. The predicted molar refractivity (Wildman–Crippen MR) is 88.9 cm³/mol. The Labute approximate surface area is 138 Å². The molecule has 3 heterocycles. The van der Waals surface area contributed by atoms with Crippen molar-refractivity contribution < 1.29 is 9.21 Å². The molecular weight excluding hydrogens is 312 g/mol. The predicted octanol–water partition coefficient (Wildman–Crippen LogP) is 2.45. The van der Waals surface area contributed by atoms with Crippen LogP contribution in [0.25, 0.3) is 12.2 Å². The van der Waals surface area contributed by atoms with E-state index in [9.17, 15) is 10.1 Å². The average molecular weight is 328 g/mol. The Morgan fingerprint density at radius 1 is 1.39 bits per heavy atom. The normalized spacial score (nSPS) is 15.1. The summed E-state index contributed by atoms with van der Waals surface area (Å²) in [6, 6.07) is 6.05. The first-order chi connectivity index (χ1) is 11.2. The van der Waals surface area contributed by atoms with E-state index in [0.29, 0.717) is 38.0 Å². The van der Waals surface area contributed by atoms with E-state index in [-0.39, 0.29) is 11.6 Å². The Morgan fingerprint density at radius 3 is 2.78 bits per heavy atom. The molecule has 7 heteroatoms. The van der Waals surface area contributed by atoms with Crippen molar-refractivity contribution >= 4 is 35.3 Å². The standard InChI is InChI=1S/C16H16N4O2S/c1-12(21)19-6-8-20(9-7-19)16-14(11-17)18-15(22-16)5-4-13-3-2-10-23-13/h2-5,10H,6-9H2,1H3. The van der Waals surface area contributed by atoms with Gasteiger partial charge in [-0.2, -0.15) is 10.2 Å². The Kier molecular flexibility index (Phi) is 4.44. The van der Waals surface area contributed by atoms with Crippen molar-refractivity contribution in [3.8, 4) is 6.07 Å². The van der Waals surface area contributed by atoms with E-state index in [0.717, 1.165) is 4.88 Å². The number of hydrogen-bond donors (Lipinski definition) is 0. The van der Waals surface area contributed by atoms with Crippen molar-refractivity contribution in [2.45, 2.75) is 6.92 Å². The molecule has 0 spiro atoms. The number of nitriles is 1. The van der Waals surface area contributed by atoms with Gasteiger partial charge in [0.1, 0.15) is 6.07 Å². The van der Waals surface area contributed by atoms with Gasteiger partial charge in [-0.1, -0.05) is 6.07 Å². The van der Waals surface area contributed by atoms with Crippen molar-refractivity contribution in [3.05, 3.63) is 34.0 Å². The lowest BCUT2D eigenvalue weighted by Gasteiger charge is -2.33. The van der Waals surface area contributed by atoms with E-state index in [2.05, 4.69) is 11.1 Å². The van der Waals surface area contributed by atoms with E-state index in [1.165, 1.54) is 0 Å². The molecule has 1 amide bonds. The molecule has 6 nitrogen and oxygen atoms in total. The van der Waals surface area contributed by atoms with E-state index < -0.39 is 0 Å². The van der Waals surface area contributed by atoms with E-state index in [1.807, 2.05) is 28.5 Å². The van der Waals surface area contributed by atoms with Crippen LogP contribution in [-0.2, 0) is 4.79 Å². The molecule has 0 N–H and O–H groups in total. The summed E-state index contributed by atoms with van der Waals surface area (Å²) in [5.74, 6) is 0.975. The molecule has 3 rings (SSSR count). The summed E-state index contributed by atoms with van der Waals surface area (Å²) in [5, 5.41) is 11.3. The lowest BCUT2D eigenvalue weighted by molar-refractivity contribution is -0.129. The maximum absolute atomic E-state index is 11.4. The van der Waals surface area contributed by atoms with Crippen LogP contribution in [0.1, 0.15) is 23.4 Å². The third kappa shape index (κ3) is 3.43. The second kappa shape index (κ2) is 6.67. The molecule has 0 atom stereocenters. The molecule has 1 aliphatic heterocycles. The summed E-state index contributed by atoms with van der Waals surface area (Å²) in [4.78, 5) is 20.5. The number of carbonyl (C=O) groups excluding carboxylic acids is 1. The van der Waals surface area contributed by atoms with Crippen LogP contribution < -0.4 is 4.90 Å². The van der Waals surface area contributed by atoms with Gasteiger partial charge in [-0.15, -0.1) is 11.3 Å². The minimum absolute atomic E-state index is 0.0716. The van der Waals surface area contributed by atoms with Crippen LogP contribution in [0.2, 0.25) is 0 Å². The number of rotatable bonds is 3. The first-order valence-electron chi connectivity index (χ1n) is 7.30. The van der Waals surface area contributed by atoms with Crippen molar-refractivity contribution in [3.63, 3.8) is 0 Å². The van der Waals surface area contributed by atoms with Crippen LogP contribution in [0.15, 0.2) is 21.9 Å². The van der Waals surface area contributed by atoms with Gasteiger partial charge in [0.05, 0.1) is 0 Å². The highest BCUT2D eigenvalue weighted by Crippen LogP contribution is 2.24. The third-order valence-electron chi connectivity index (χ3n) is 3.68. The minimum atomic E-state index is 0.0716. The van der Waals surface area contributed by atoms with E-state index in [1.54, 1.807) is 29.2 Å². The molecule has 0 aliphatic carbocycles. The van der Waals surface area contributed by atoms with Gasteiger partial charge in [0.25, 0.3) is 0 Å². The molecular formula is C16H16N4O2S. The Morgan fingerprint density at radius 2 is 2.17 bits per heavy atom. The summed E-state index contributed by atoms with van der Waals surface area (Å²) in [7, 11) is 0. The molecule has 0 radical (unpaired) electrons. The number of amides is 1. The van der Waals surface area contributed by atoms with Gasteiger partial charge in [0.2, 0.25) is 23.4 Å². The molecule has 2 aromatic rings. The number of carbonyl (C=O) groups is 1. The number of hydrogen-bond acceptors (Lipinski definition) is 6. The van der Waals surface area contributed by atoms with Crippen LogP contribution in [0.3, 0.4) is 0 Å². The molecule has 118 valence electrons. The van der Waals surface area contributed by atoms with Gasteiger partial charge >= 0.3 is 0 Å². The van der Waals surface area contributed by atoms with Crippen LogP contribution in [0, 0.1) is 11.3 Å². The highest BCUT2D eigenvalue weighted by molar-refractivity contribution is 7.10. The number of piperazine rings is 1. The second-order valence-corrected chi connectivity index (χ2v) is 6.14. The summed E-state index contributed by atoms with van der Waals surface area (Å²) in [6.07, 6.45) is 3.68. The van der Waals surface area contributed by atoms with Crippen molar-refractivity contribution in [1.29, 1.82) is 5.26 Å². The van der Waals surface area contributed by atoms with Crippen LogP contribution >= 0.6 is 11.3 Å². The number of nitrogens with zero attached hydrogens (tertiary/aromatic N) is 4. The van der Waals surface area contributed by atoms with Crippen molar-refractivity contribution in [1.82, 2.24) is 9.88 Å². The first-order valence-corrected chi connectivity index (χ1v) is 8.18. The highest BCUT2D eigenvalue weighted by Gasteiger charge is 2.24. The largest absolute Gasteiger partial charge is 0.420 e. The monoisotopic (exact) mass is 328 g/mol. The number of oxazole rings is 1. The number of aromatic nitrogens is 1. The Balaban J connectivity index is 1.75.